The molecule has 0 aliphatic heterocycles. The van der Waals surface area contributed by atoms with Crippen molar-refractivity contribution in [1.82, 2.24) is 4.31 Å². The Morgan fingerprint density at radius 1 is 1.07 bits per heavy atom. The van der Waals surface area contributed by atoms with Crippen molar-refractivity contribution in [2.24, 2.45) is 0 Å². The molecule has 0 amide bonds. The fourth-order valence-electron chi connectivity index (χ4n) is 2.73. The van der Waals surface area contributed by atoms with Crippen LogP contribution in [0.15, 0.2) is 61.2 Å². The van der Waals surface area contributed by atoms with E-state index in [0.29, 0.717) is 12.8 Å². The highest BCUT2D eigenvalue weighted by Crippen LogP contribution is 2.22. The maximum atomic E-state index is 13.2. The van der Waals surface area contributed by atoms with Gasteiger partial charge in [-0.05, 0) is 55.2 Å². The molecule has 1 N–H and O–H groups in total. The third-order valence-corrected chi connectivity index (χ3v) is 6.69. The van der Waals surface area contributed by atoms with Crippen molar-refractivity contribution >= 4 is 10.0 Å². The fraction of sp³-hybridized carbons (Fsp3) is 0.333. The number of aromatic hydroxyl groups is 1. The topological polar surface area (TPSA) is 66.8 Å². The minimum atomic E-state index is -3.50. The second-order valence-corrected chi connectivity index (χ2v) is 8.86. The summed E-state index contributed by atoms with van der Waals surface area (Å²) in [5.41, 5.74) is 1.70. The van der Waals surface area contributed by atoms with Gasteiger partial charge in [0.2, 0.25) is 10.0 Å². The Balaban J connectivity index is 2.28. The Kier molecular flexibility index (Phi) is 7.45. The molecule has 0 aliphatic carbocycles. The van der Waals surface area contributed by atoms with E-state index in [0.717, 1.165) is 16.9 Å². The SMILES string of the molecule is C=CCC[C@@H](C)S(=O)(=O)N(Cc1ccc(O)cc1)Cc1ccc(OC)cc1. The number of sulfonamides is 1. The predicted octanol–water partition coefficient (Wildman–Crippen LogP) is 4.09. The molecule has 6 heteroatoms. The van der Waals surface area contributed by atoms with Crippen LogP contribution in [0.2, 0.25) is 0 Å². The summed E-state index contributed by atoms with van der Waals surface area (Å²) in [6, 6.07) is 14.0. The first-order valence-corrected chi connectivity index (χ1v) is 10.4. The number of phenolic OH excluding ortho intramolecular Hbond substituents is 1. The zero-order valence-electron chi connectivity index (χ0n) is 15.8. The van der Waals surface area contributed by atoms with E-state index in [-0.39, 0.29) is 18.8 Å². The van der Waals surface area contributed by atoms with Crippen LogP contribution in [0.4, 0.5) is 0 Å². The van der Waals surface area contributed by atoms with Gasteiger partial charge in [-0.2, -0.15) is 4.31 Å². The number of methoxy groups -OCH3 is 1. The lowest BCUT2D eigenvalue weighted by Gasteiger charge is -2.26. The van der Waals surface area contributed by atoms with E-state index in [1.165, 1.54) is 4.31 Å². The van der Waals surface area contributed by atoms with E-state index in [1.54, 1.807) is 44.4 Å². The summed E-state index contributed by atoms with van der Waals surface area (Å²) in [5, 5.41) is 8.96. The van der Waals surface area contributed by atoms with Gasteiger partial charge in [0.15, 0.2) is 0 Å². The van der Waals surface area contributed by atoms with Crippen molar-refractivity contribution in [2.75, 3.05) is 7.11 Å². The summed E-state index contributed by atoms with van der Waals surface area (Å²) in [6.45, 7) is 5.92. The average molecular weight is 390 g/mol. The minimum Gasteiger partial charge on any atom is -0.508 e. The van der Waals surface area contributed by atoms with Crippen LogP contribution in [0.25, 0.3) is 0 Å². The van der Waals surface area contributed by atoms with E-state index in [4.69, 9.17) is 4.74 Å². The van der Waals surface area contributed by atoms with Crippen LogP contribution in [-0.2, 0) is 23.1 Å². The molecule has 0 unspecified atom stereocenters. The Labute approximate surface area is 162 Å². The van der Waals surface area contributed by atoms with E-state index < -0.39 is 15.3 Å². The summed E-state index contributed by atoms with van der Waals surface area (Å²) in [4.78, 5) is 0. The highest BCUT2D eigenvalue weighted by Gasteiger charge is 2.28. The molecule has 0 radical (unpaired) electrons. The number of rotatable bonds is 10. The summed E-state index contributed by atoms with van der Waals surface area (Å²) in [6.07, 6.45) is 2.91. The van der Waals surface area contributed by atoms with Crippen LogP contribution in [0, 0.1) is 0 Å². The standard InChI is InChI=1S/C21H27NO4S/c1-4-5-6-17(2)27(24,25)22(15-18-7-11-20(23)12-8-18)16-19-9-13-21(26-3)14-10-19/h4,7-14,17,23H,1,5-6,15-16H2,2-3H3/t17-/m1/s1. The quantitative estimate of drug-likeness (QED) is 0.622. The van der Waals surface area contributed by atoms with Gasteiger partial charge >= 0.3 is 0 Å². The van der Waals surface area contributed by atoms with E-state index in [1.807, 2.05) is 24.3 Å². The Bertz CT molecular complexity index is 829. The molecule has 0 aliphatic rings. The second kappa shape index (κ2) is 9.58. The summed E-state index contributed by atoms with van der Waals surface area (Å²) in [7, 11) is -1.91. The Hall–Kier alpha value is -2.31. The molecule has 0 spiro atoms. The third kappa shape index (κ3) is 5.84. The number of phenols is 1. The number of ether oxygens (including phenoxy) is 1. The lowest BCUT2D eigenvalue weighted by Crippen LogP contribution is -2.36. The molecular weight excluding hydrogens is 362 g/mol. The number of hydrogen-bond donors (Lipinski definition) is 1. The van der Waals surface area contributed by atoms with Crippen molar-refractivity contribution in [1.29, 1.82) is 0 Å². The third-order valence-electron chi connectivity index (χ3n) is 4.46. The lowest BCUT2D eigenvalue weighted by molar-refractivity contribution is 0.391. The predicted molar refractivity (Wildman–Crippen MR) is 108 cm³/mol. The number of nitrogens with zero attached hydrogens (tertiary/aromatic N) is 1. The van der Waals surface area contributed by atoms with Crippen molar-refractivity contribution in [2.45, 2.75) is 38.1 Å². The van der Waals surface area contributed by atoms with Crippen LogP contribution in [0.3, 0.4) is 0 Å². The van der Waals surface area contributed by atoms with Crippen molar-refractivity contribution in [3.63, 3.8) is 0 Å². The molecular formula is C21H27NO4S. The Morgan fingerprint density at radius 3 is 2.07 bits per heavy atom. The van der Waals surface area contributed by atoms with Crippen LogP contribution in [-0.4, -0.2) is 30.2 Å². The molecule has 0 bridgehead atoms. The molecule has 0 saturated heterocycles. The first kappa shape index (κ1) is 21.0. The molecule has 2 rings (SSSR count). The number of hydrogen-bond acceptors (Lipinski definition) is 4. The molecule has 1 atom stereocenters. The van der Waals surface area contributed by atoms with Gasteiger partial charge in [0.25, 0.3) is 0 Å². The largest absolute Gasteiger partial charge is 0.508 e. The Morgan fingerprint density at radius 2 is 1.59 bits per heavy atom. The summed E-state index contributed by atoms with van der Waals surface area (Å²) in [5.74, 6) is 0.883. The first-order valence-electron chi connectivity index (χ1n) is 8.87. The van der Waals surface area contributed by atoms with Gasteiger partial charge in [0, 0.05) is 13.1 Å². The fourth-order valence-corrected chi connectivity index (χ4v) is 4.33. The van der Waals surface area contributed by atoms with Crippen molar-refractivity contribution in [3.8, 4) is 11.5 Å². The minimum absolute atomic E-state index is 0.155. The van der Waals surface area contributed by atoms with E-state index in [2.05, 4.69) is 6.58 Å². The van der Waals surface area contributed by atoms with E-state index in [9.17, 15) is 13.5 Å². The van der Waals surface area contributed by atoms with Crippen LogP contribution >= 0.6 is 0 Å². The normalized spacial score (nSPS) is 12.7. The highest BCUT2D eigenvalue weighted by atomic mass is 32.2. The monoisotopic (exact) mass is 389 g/mol. The van der Waals surface area contributed by atoms with Crippen LogP contribution in [0.5, 0.6) is 11.5 Å². The van der Waals surface area contributed by atoms with Gasteiger partial charge in [0.05, 0.1) is 12.4 Å². The van der Waals surface area contributed by atoms with Gasteiger partial charge < -0.3 is 9.84 Å². The summed E-state index contributed by atoms with van der Waals surface area (Å²) < 4.78 is 33.0. The molecule has 2 aromatic carbocycles. The van der Waals surface area contributed by atoms with Gasteiger partial charge in [-0.25, -0.2) is 8.42 Å². The molecule has 5 nitrogen and oxygen atoms in total. The molecule has 0 heterocycles. The average Bonchev–Trinajstić information content (AvgIpc) is 2.67. The number of benzene rings is 2. The van der Waals surface area contributed by atoms with Crippen LogP contribution < -0.4 is 4.74 Å². The molecule has 27 heavy (non-hydrogen) atoms. The molecule has 0 fully saturated rings. The molecule has 2 aromatic rings. The van der Waals surface area contributed by atoms with E-state index >= 15 is 0 Å². The zero-order valence-corrected chi connectivity index (χ0v) is 16.7. The van der Waals surface area contributed by atoms with Crippen molar-refractivity contribution < 1.29 is 18.3 Å². The summed E-state index contributed by atoms with van der Waals surface area (Å²) >= 11 is 0. The zero-order chi connectivity index (χ0) is 19.9. The van der Waals surface area contributed by atoms with Gasteiger partial charge in [-0.15, -0.1) is 6.58 Å². The van der Waals surface area contributed by atoms with Gasteiger partial charge in [-0.3, -0.25) is 0 Å². The van der Waals surface area contributed by atoms with Gasteiger partial charge in [0.1, 0.15) is 11.5 Å². The van der Waals surface area contributed by atoms with Gasteiger partial charge in [-0.1, -0.05) is 30.3 Å². The maximum absolute atomic E-state index is 13.2. The smallest absolute Gasteiger partial charge is 0.217 e. The highest BCUT2D eigenvalue weighted by molar-refractivity contribution is 7.89. The van der Waals surface area contributed by atoms with Crippen molar-refractivity contribution in [3.05, 3.63) is 72.3 Å². The molecule has 0 aromatic heterocycles. The number of allylic oxidation sites excluding steroid dienone is 1. The first-order chi connectivity index (χ1) is 12.9. The molecule has 0 saturated carbocycles. The second-order valence-electron chi connectivity index (χ2n) is 6.50. The lowest BCUT2D eigenvalue weighted by atomic mass is 10.2. The maximum Gasteiger partial charge on any atom is 0.217 e. The van der Waals surface area contributed by atoms with Crippen LogP contribution in [0.1, 0.15) is 30.9 Å². The molecule has 146 valence electrons.